The zero-order valence-corrected chi connectivity index (χ0v) is 17.8. The van der Waals surface area contributed by atoms with E-state index in [2.05, 4.69) is 19.0 Å². The number of unbranched alkanes of at least 4 members (excludes halogenated alkanes) is 6. The fraction of sp³-hybridized carbons (Fsp3) is 0.500. The molecule has 2 aromatic rings. The zero-order chi connectivity index (χ0) is 20.7. The molecule has 0 aliphatic heterocycles. The van der Waals surface area contributed by atoms with Crippen molar-refractivity contribution in [3.63, 3.8) is 0 Å². The van der Waals surface area contributed by atoms with E-state index < -0.39 is 0 Å². The average molecular weight is 400 g/mol. The minimum atomic E-state index is 0.583. The summed E-state index contributed by atoms with van der Waals surface area (Å²) >= 11 is 0. The summed E-state index contributed by atoms with van der Waals surface area (Å²) in [5, 5.41) is 14.4. The third-order valence-corrected chi connectivity index (χ3v) is 4.65. The summed E-state index contributed by atoms with van der Waals surface area (Å²) in [6.45, 7) is 5.85. The summed E-state index contributed by atoms with van der Waals surface area (Å²) in [6, 6.07) is 14.7. The SMILES string of the molecule is CCCCCCOc1ccc(/N=[N+](\O)c2ccc(OCCCCCC)cc2)cc1. The molecule has 0 saturated carbocycles. The van der Waals surface area contributed by atoms with Gasteiger partial charge in [-0.15, -0.1) is 0 Å². The molecule has 2 aromatic carbocycles. The van der Waals surface area contributed by atoms with Gasteiger partial charge in [0.15, 0.2) is 0 Å². The predicted molar refractivity (Wildman–Crippen MR) is 116 cm³/mol. The summed E-state index contributed by atoms with van der Waals surface area (Å²) in [6.07, 6.45) is 9.47. The maximum Gasteiger partial charge on any atom is 0.289 e. The van der Waals surface area contributed by atoms with Gasteiger partial charge in [0.25, 0.3) is 5.69 Å². The van der Waals surface area contributed by atoms with Crippen LogP contribution in [-0.2, 0) is 0 Å². The normalized spacial score (nSPS) is 11.4. The molecule has 0 amide bonds. The number of ether oxygens (including phenoxy) is 2. The van der Waals surface area contributed by atoms with Crippen LogP contribution in [0.2, 0.25) is 0 Å². The second-order valence-corrected chi connectivity index (χ2v) is 7.20. The van der Waals surface area contributed by atoms with Crippen molar-refractivity contribution < 1.29 is 19.5 Å². The lowest BCUT2D eigenvalue weighted by molar-refractivity contribution is -0.761. The van der Waals surface area contributed by atoms with Crippen LogP contribution in [0.15, 0.2) is 53.6 Å². The fourth-order valence-electron chi connectivity index (χ4n) is 2.89. The first-order chi connectivity index (χ1) is 14.2. The van der Waals surface area contributed by atoms with E-state index in [1.54, 1.807) is 12.1 Å². The van der Waals surface area contributed by atoms with Crippen LogP contribution in [0.25, 0.3) is 0 Å². The van der Waals surface area contributed by atoms with Gasteiger partial charge in [0.1, 0.15) is 22.0 Å². The topological polar surface area (TPSA) is 54.1 Å². The molecule has 0 heterocycles. The molecule has 0 radical (unpaired) electrons. The molecule has 29 heavy (non-hydrogen) atoms. The largest absolute Gasteiger partial charge is 0.494 e. The van der Waals surface area contributed by atoms with Crippen LogP contribution < -0.4 is 9.47 Å². The number of hydrogen-bond donors (Lipinski definition) is 1. The monoisotopic (exact) mass is 399 g/mol. The molecular formula is C24H35N2O3+. The van der Waals surface area contributed by atoms with Crippen LogP contribution in [-0.4, -0.2) is 23.3 Å². The molecule has 0 spiro atoms. The summed E-state index contributed by atoms with van der Waals surface area (Å²) in [4.78, 5) is 0.881. The van der Waals surface area contributed by atoms with Crippen molar-refractivity contribution in [2.45, 2.75) is 65.2 Å². The molecule has 0 aliphatic carbocycles. The summed E-state index contributed by atoms with van der Waals surface area (Å²) in [5.74, 6) is 1.63. The molecule has 0 atom stereocenters. The minimum absolute atomic E-state index is 0.583. The fourth-order valence-corrected chi connectivity index (χ4v) is 2.89. The molecule has 0 aromatic heterocycles. The maximum atomic E-state index is 10.2. The van der Waals surface area contributed by atoms with Gasteiger partial charge in [-0.05, 0) is 49.2 Å². The van der Waals surface area contributed by atoms with Gasteiger partial charge in [0.2, 0.25) is 0 Å². The van der Waals surface area contributed by atoms with E-state index in [4.69, 9.17) is 9.47 Å². The van der Waals surface area contributed by atoms with E-state index >= 15 is 0 Å². The highest BCUT2D eigenvalue weighted by atomic mass is 16.5. The Morgan fingerprint density at radius 3 is 1.66 bits per heavy atom. The first-order valence-electron chi connectivity index (χ1n) is 10.9. The molecule has 5 nitrogen and oxygen atoms in total. The summed E-state index contributed by atoms with van der Waals surface area (Å²) in [7, 11) is 0. The van der Waals surface area contributed by atoms with E-state index in [1.807, 2.05) is 36.4 Å². The van der Waals surface area contributed by atoms with Gasteiger partial charge >= 0.3 is 0 Å². The van der Waals surface area contributed by atoms with Gasteiger partial charge in [0.05, 0.1) is 18.3 Å². The Morgan fingerprint density at radius 2 is 1.17 bits per heavy atom. The third-order valence-electron chi connectivity index (χ3n) is 4.65. The van der Waals surface area contributed by atoms with Crippen molar-refractivity contribution in [2.24, 2.45) is 5.11 Å². The zero-order valence-electron chi connectivity index (χ0n) is 17.8. The first kappa shape index (κ1) is 22.7. The molecule has 0 saturated heterocycles. The molecule has 5 heteroatoms. The van der Waals surface area contributed by atoms with Gasteiger partial charge in [-0.25, -0.2) is 0 Å². The van der Waals surface area contributed by atoms with Crippen molar-refractivity contribution in [1.29, 1.82) is 0 Å². The predicted octanol–water partition coefficient (Wildman–Crippen LogP) is 7.42. The van der Waals surface area contributed by atoms with Gasteiger partial charge in [-0.2, -0.15) is 0 Å². The second kappa shape index (κ2) is 13.6. The van der Waals surface area contributed by atoms with E-state index in [0.717, 1.165) is 42.4 Å². The van der Waals surface area contributed by atoms with Crippen LogP contribution in [0.1, 0.15) is 65.2 Å². The molecule has 0 aliphatic rings. The van der Waals surface area contributed by atoms with E-state index in [0.29, 0.717) is 11.4 Å². The number of rotatable bonds is 14. The lowest BCUT2D eigenvalue weighted by atomic mass is 10.2. The standard InChI is InChI=1S/C24H35N2O3/c1-3-5-7-9-19-28-23-15-11-21(12-16-23)25-26(27)22-13-17-24(18-14-22)29-20-10-8-6-4-2/h11-18H,3-10,19-20H2,1-2H3,(H,25,27)/q+1. The maximum absolute atomic E-state index is 10.2. The van der Waals surface area contributed by atoms with Gasteiger partial charge in [-0.3, -0.25) is 5.21 Å². The molecule has 1 N–H and O–H groups in total. The average Bonchev–Trinajstić information content (AvgIpc) is 2.75. The van der Waals surface area contributed by atoms with Crippen molar-refractivity contribution in [3.8, 4) is 11.5 Å². The Morgan fingerprint density at radius 1 is 0.690 bits per heavy atom. The Hall–Kier alpha value is -2.56. The number of benzene rings is 2. The molecule has 0 unspecified atom stereocenters. The van der Waals surface area contributed by atoms with Crippen LogP contribution >= 0.6 is 0 Å². The highest BCUT2D eigenvalue weighted by molar-refractivity contribution is 5.41. The van der Waals surface area contributed by atoms with Crippen LogP contribution in [0.4, 0.5) is 11.4 Å². The number of hydrogen-bond acceptors (Lipinski definition) is 3. The van der Waals surface area contributed by atoms with Crippen molar-refractivity contribution in [1.82, 2.24) is 0 Å². The second-order valence-electron chi connectivity index (χ2n) is 7.20. The number of azo groups is 1. The van der Waals surface area contributed by atoms with Gasteiger partial charge < -0.3 is 9.47 Å². The Balaban J connectivity index is 1.82. The lowest BCUT2D eigenvalue weighted by Crippen LogP contribution is -1.98. The van der Waals surface area contributed by atoms with Crippen molar-refractivity contribution in [3.05, 3.63) is 48.5 Å². The lowest BCUT2D eigenvalue weighted by Gasteiger charge is -2.05. The Bertz CT molecular complexity index is 712. The third kappa shape index (κ3) is 8.99. The van der Waals surface area contributed by atoms with Crippen molar-refractivity contribution >= 4 is 11.4 Å². The molecule has 0 fully saturated rings. The van der Waals surface area contributed by atoms with Crippen LogP contribution in [0, 0.1) is 0 Å². The van der Waals surface area contributed by atoms with Gasteiger partial charge in [-0.1, -0.05) is 52.4 Å². The smallest absolute Gasteiger partial charge is 0.289 e. The van der Waals surface area contributed by atoms with E-state index in [1.165, 1.54) is 38.5 Å². The summed E-state index contributed by atoms with van der Waals surface area (Å²) < 4.78 is 11.5. The van der Waals surface area contributed by atoms with Crippen molar-refractivity contribution in [2.75, 3.05) is 13.2 Å². The van der Waals surface area contributed by atoms with Crippen LogP contribution in [0.3, 0.4) is 0 Å². The number of nitrogens with zero attached hydrogens (tertiary/aromatic N) is 2. The first-order valence-corrected chi connectivity index (χ1v) is 10.9. The quantitative estimate of drug-likeness (QED) is 0.156. The summed E-state index contributed by atoms with van der Waals surface area (Å²) in [5.41, 5.74) is 1.24. The highest BCUT2D eigenvalue weighted by Gasteiger charge is 2.10. The van der Waals surface area contributed by atoms with E-state index in [-0.39, 0.29) is 0 Å². The molecule has 158 valence electrons. The van der Waals surface area contributed by atoms with Gasteiger partial charge in [0, 0.05) is 12.1 Å². The van der Waals surface area contributed by atoms with Crippen LogP contribution in [0.5, 0.6) is 11.5 Å². The molecular weight excluding hydrogens is 364 g/mol. The highest BCUT2D eigenvalue weighted by Crippen LogP contribution is 2.22. The van der Waals surface area contributed by atoms with E-state index in [9.17, 15) is 5.21 Å². The Labute approximate surface area is 174 Å². The Kier molecular flexibility index (Phi) is 10.6. The molecule has 0 bridgehead atoms. The molecule has 2 rings (SSSR count). The minimum Gasteiger partial charge on any atom is -0.494 e.